The lowest BCUT2D eigenvalue weighted by atomic mass is 9.96. The molecule has 0 unspecified atom stereocenters. The molecular formula is C18H24N4O3S. The second-order valence-electron chi connectivity index (χ2n) is 6.76. The number of aryl methyl sites for hydroxylation is 1. The number of carbonyl (C=O) groups excluding carboxylic acids is 1. The molecule has 0 saturated carbocycles. The average molecular weight is 376 g/mol. The summed E-state index contributed by atoms with van der Waals surface area (Å²) in [5, 5.41) is 0. The molecule has 140 valence electrons. The quantitative estimate of drug-likeness (QED) is 0.816. The van der Waals surface area contributed by atoms with Crippen molar-refractivity contribution in [2.24, 2.45) is 7.05 Å². The minimum absolute atomic E-state index is 0.0301. The van der Waals surface area contributed by atoms with Crippen molar-refractivity contribution in [3.05, 3.63) is 48.0 Å². The van der Waals surface area contributed by atoms with Gasteiger partial charge in [0.25, 0.3) is 5.91 Å². The number of imidazole rings is 1. The van der Waals surface area contributed by atoms with Crippen LogP contribution < -0.4 is 4.31 Å². The molecule has 0 radical (unpaired) electrons. The maximum absolute atomic E-state index is 12.8. The lowest BCUT2D eigenvalue weighted by molar-refractivity contribution is 0.0703. The second-order valence-corrected chi connectivity index (χ2v) is 8.78. The Hall–Kier alpha value is -2.35. The van der Waals surface area contributed by atoms with Gasteiger partial charge >= 0.3 is 0 Å². The fourth-order valence-electron chi connectivity index (χ4n) is 3.33. The van der Waals surface area contributed by atoms with Crippen molar-refractivity contribution < 1.29 is 13.2 Å². The minimum atomic E-state index is -3.32. The van der Waals surface area contributed by atoms with Crippen LogP contribution in [0.15, 0.2) is 36.7 Å². The first kappa shape index (κ1) is 18.4. The molecule has 1 amide bonds. The van der Waals surface area contributed by atoms with Gasteiger partial charge < -0.3 is 9.47 Å². The lowest BCUT2D eigenvalue weighted by Gasteiger charge is -2.32. The van der Waals surface area contributed by atoms with Crippen LogP contribution in [0.3, 0.4) is 0 Å². The first-order valence-corrected chi connectivity index (χ1v) is 10.4. The summed E-state index contributed by atoms with van der Waals surface area (Å²) in [5.74, 6) is 1.22. The molecule has 1 aromatic carbocycles. The highest BCUT2D eigenvalue weighted by Crippen LogP contribution is 2.27. The Balaban J connectivity index is 1.73. The van der Waals surface area contributed by atoms with E-state index in [1.165, 1.54) is 11.4 Å². The van der Waals surface area contributed by atoms with Crippen LogP contribution in [0.1, 0.15) is 34.9 Å². The zero-order valence-electron chi connectivity index (χ0n) is 15.3. The van der Waals surface area contributed by atoms with Gasteiger partial charge in [-0.05, 0) is 37.1 Å². The van der Waals surface area contributed by atoms with Crippen LogP contribution in [0.25, 0.3) is 0 Å². The van der Waals surface area contributed by atoms with Gasteiger partial charge in [0.1, 0.15) is 5.82 Å². The third kappa shape index (κ3) is 3.75. The molecule has 3 rings (SSSR count). The maximum atomic E-state index is 12.8. The van der Waals surface area contributed by atoms with E-state index in [1.807, 2.05) is 22.7 Å². The fraction of sp³-hybridized carbons (Fsp3) is 0.444. The molecule has 1 atom stereocenters. The average Bonchev–Trinajstić information content (AvgIpc) is 3.06. The highest BCUT2D eigenvalue weighted by atomic mass is 32.2. The number of anilines is 1. The standard InChI is InChI=1S/C18H24N4O3S/c1-20-12-10-19-17(20)15-5-4-11-22(13-15)18(23)14-6-8-16(9-7-14)21(2)26(3,24)25/h6-10,12,15H,4-5,11,13H2,1-3H3/t15-/m1/s1. The fourth-order valence-corrected chi connectivity index (χ4v) is 3.84. The zero-order chi connectivity index (χ0) is 18.9. The van der Waals surface area contributed by atoms with Crippen molar-refractivity contribution in [2.45, 2.75) is 18.8 Å². The number of hydrogen-bond donors (Lipinski definition) is 0. The zero-order valence-corrected chi connectivity index (χ0v) is 16.1. The second kappa shape index (κ2) is 7.11. The third-order valence-electron chi connectivity index (χ3n) is 4.91. The van der Waals surface area contributed by atoms with Crippen molar-refractivity contribution in [3.8, 4) is 0 Å². The van der Waals surface area contributed by atoms with Crippen molar-refractivity contribution in [1.29, 1.82) is 0 Å². The number of carbonyl (C=O) groups is 1. The van der Waals surface area contributed by atoms with Gasteiger partial charge in [-0.3, -0.25) is 9.10 Å². The Kier molecular flexibility index (Phi) is 5.04. The summed E-state index contributed by atoms with van der Waals surface area (Å²) in [6, 6.07) is 6.69. The van der Waals surface area contributed by atoms with Crippen LogP contribution in [-0.4, -0.2) is 55.2 Å². The molecule has 1 aliphatic heterocycles. The van der Waals surface area contributed by atoms with Gasteiger partial charge in [-0.1, -0.05) is 0 Å². The Morgan fingerprint density at radius 1 is 1.27 bits per heavy atom. The molecule has 1 fully saturated rings. The molecule has 0 bridgehead atoms. The Labute approximate surface area is 154 Å². The van der Waals surface area contributed by atoms with Crippen LogP contribution in [0, 0.1) is 0 Å². The number of nitrogens with zero attached hydrogens (tertiary/aromatic N) is 4. The molecule has 7 nitrogen and oxygen atoms in total. The molecule has 1 saturated heterocycles. The van der Waals surface area contributed by atoms with E-state index in [0.717, 1.165) is 31.5 Å². The monoisotopic (exact) mass is 376 g/mol. The first-order valence-electron chi connectivity index (χ1n) is 8.58. The van der Waals surface area contributed by atoms with E-state index in [4.69, 9.17) is 0 Å². The molecule has 2 heterocycles. The molecule has 0 N–H and O–H groups in total. The summed E-state index contributed by atoms with van der Waals surface area (Å²) < 4.78 is 26.4. The molecule has 0 spiro atoms. The number of piperidine rings is 1. The largest absolute Gasteiger partial charge is 0.338 e. The molecule has 0 aliphatic carbocycles. The SMILES string of the molecule is CN(c1ccc(C(=O)N2CCC[C@@H](c3nccn3C)C2)cc1)S(C)(=O)=O. The molecular weight excluding hydrogens is 352 g/mol. The summed E-state index contributed by atoms with van der Waals surface area (Å²) >= 11 is 0. The van der Waals surface area contributed by atoms with Gasteiger partial charge in [0.05, 0.1) is 11.9 Å². The van der Waals surface area contributed by atoms with Crippen molar-refractivity contribution in [1.82, 2.24) is 14.5 Å². The van der Waals surface area contributed by atoms with E-state index in [1.54, 1.807) is 30.5 Å². The number of amides is 1. The predicted molar refractivity (Wildman–Crippen MR) is 101 cm³/mol. The highest BCUT2D eigenvalue weighted by Gasteiger charge is 2.27. The first-order chi connectivity index (χ1) is 12.3. The van der Waals surface area contributed by atoms with Crippen molar-refractivity contribution in [3.63, 3.8) is 0 Å². The lowest BCUT2D eigenvalue weighted by Crippen LogP contribution is -2.39. The Morgan fingerprint density at radius 3 is 2.54 bits per heavy atom. The third-order valence-corrected chi connectivity index (χ3v) is 6.11. The van der Waals surface area contributed by atoms with Crippen molar-refractivity contribution >= 4 is 21.6 Å². The van der Waals surface area contributed by atoms with Crippen LogP contribution >= 0.6 is 0 Å². The number of aromatic nitrogens is 2. The Bertz CT molecular complexity index is 889. The predicted octanol–water partition coefficient (Wildman–Crippen LogP) is 1.84. The summed E-state index contributed by atoms with van der Waals surface area (Å²) in [6.45, 7) is 1.37. The van der Waals surface area contributed by atoms with E-state index in [2.05, 4.69) is 4.98 Å². The highest BCUT2D eigenvalue weighted by molar-refractivity contribution is 7.92. The van der Waals surface area contributed by atoms with Crippen LogP contribution in [0.2, 0.25) is 0 Å². The van der Waals surface area contributed by atoms with Gasteiger partial charge in [0.2, 0.25) is 10.0 Å². The van der Waals surface area contributed by atoms with Crippen molar-refractivity contribution in [2.75, 3.05) is 30.7 Å². The number of likely N-dealkylation sites (tertiary alicyclic amines) is 1. The topological polar surface area (TPSA) is 75.5 Å². The summed E-state index contributed by atoms with van der Waals surface area (Å²) in [6.07, 6.45) is 6.82. The summed E-state index contributed by atoms with van der Waals surface area (Å²) in [7, 11) is 0.149. The van der Waals surface area contributed by atoms with Crippen LogP contribution in [0.5, 0.6) is 0 Å². The molecule has 1 aromatic heterocycles. The maximum Gasteiger partial charge on any atom is 0.253 e. The number of benzene rings is 1. The normalized spacial score (nSPS) is 18.0. The van der Waals surface area contributed by atoms with E-state index in [9.17, 15) is 13.2 Å². The minimum Gasteiger partial charge on any atom is -0.338 e. The molecule has 1 aliphatic rings. The Morgan fingerprint density at radius 2 is 1.96 bits per heavy atom. The summed E-state index contributed by atoms with van der Waals surface area (Å²) in [5.41, 5.74) is 1.10. The van der Waals surface area contributed by atoms with Crippen LogP contribution in [0.4, 0.5) is 5.69 Å². The smallest absolute Gasteiger partial charge is 0.253 e. The number of sulfonamides is 1. The summed E-state index contributed by atoms with van der Waals surface area (Å²) in [4.78, 5) is 19.1. The van der Waals surface area contributed by atoms with E-state index in [-0.39, 0.29) is 11.8 Å². The van der Waals surface area contributed by atoms with Gasteiger partial charge in [-0.25, -0.2) is 13.4 Å². The number of rotatable bonds is 4. The molecule has 2 aromatic rings. The van der Waals surface area contributed by atoms with E-state index >= 15 is 0 Å². The molecule has 26 heavy (non-hydrogen) atoms. The van der Waals surface area contributed by atoms with E-state index in [0.29, 0.717) is 17.8 Å². The van der Waals surface area contributed by atoms with Gasteiger partial charge in [-0.2, -0.15) is 0 Å². The molecule has 8 heteroatoms. The number of hydrogen-bond acceptors (Lipinski definition) is 4. The van der Waals surface area contributed by atoms with E-state index < -0.39 is 10.0 Å². The van der Waals surface area contributed by atoms with Gasteiger partial charge in [-0.15, -0.1) is 0 Å². The van der Waals surface area contributed by atoms with Crippen LogP contribution in [-0.2, 0) is 17.1 Å². The van der Waals surface area contributed by atoms with Gasteiger partial charge in [0, 0.05) is 51.1 Å². The van der Waals surface area contributed by atoms with Gasteiger partial charge in [0.15, 0.2) is 0 Å².